The zero-order valence-electron chi connectivity index (χ0n) is 14.2. The zero-order chi connectivity index (χ0) is 18.0. The molecule has 0 saturated heterocycles. The van der Waals surface area contributed by atoms with Crippen LogP contribution in [0.5, 0.6) is 0 Å². The molecular formula is C18H18FN5O. The average molecular weight is 339 g/mol. The molecule has 0 aliphatic heterocycles. The number of carbonyl (C=O) groups is 1. The maximum Gasteiger partial charge on any atom is 0.230 e. The SMILES string of the molecule is Cc1cc(-n2nc(C)cc2NC(=O)Cc2ccccc2F)nc(C)n1. The second kappa shape index (κ2) is 6.80. The lowest BCUT2D eigenvalue weighted by Crippen LogP contribution is -2.18. The van der Waals surface area contributed by atoms with E-state index >= 15 is 0 Å². The van der Waals surface area contributed by atoms with Gasteiger partial charge in [0.25, 0.3) is 0 Å². The predicted octanol–water partition coefficient (Wildman–Crippen LogP) is 2.91. The van der Waals surface area contributed by atoms with Gasteiger partial charge in [-0.2, -0.15) is 9.78 Å². The second-order valence-electron chi connectivity index (χ2n) is 5.81. The van der Waals surface area contributed by atoms with Crippen LogP contribution in [0.15, 0.2) is 36.4 Å². The van der Waals surface area contributed by atoms with Crippen LogP contribution in [-0.2, 0) is 11.2 Å². The molecule has 128 valence electrons. The van der Waals surface area contributed by atoms with Crippen LogP contribution in [0.25, 0.3) is 5.82 Å². The van der Waals surface area contributed by atoms with Crippen LogP contribution in [0.2, 0.25) is 0 Å². The van der Waals surface area contributed by atoms with Crippen LogP contribution < -0.4 is 5.32 Å². The standard InChI is InChI=1S/C18H18FN5O/c1-11-8-16(21-13(3)20-11)24-17(9-12(2)23-24)22-18(25)10-14-6-4-5-7-15(14)19/h4-9H,10H2,1-3H3,(H,22,25). The van der Waals surface area contributed by atoms with Crippen molar-refractivity contribution in [2.45, 2.75) is 27.2 Å². The summed E-state index contributed by atoms with van der Waals surface area (Å²) >= 11 is 0. The summed E-state index contributed by atoms with van der Waals surface area (Å²) in [5, 5.41) is 7.16. The van der Waals surface area contributed by atoms with Gasteiger partial charge in [-0.05, 0) is 32.4 Å². The monoisotopic (exact) mass is 339 g/mol. The molecule has 3 aromatic rings. The third kappa shape index (κ3) is 3.88. The number of benzene rings is 1. The first-order chi connectivity index (χ1) is 11.9. The molecule has 0 radical (unpaired) electrons. The van der Waals surface area contributed by atoms with Crippen LogP contribution in [0.1, 0.15) is 22.8 Å². The van der Waals surface area contributed by atoms with Gasteiger partial charge in [0.2, 0.25) is 5.91 Å². The zero-order valence-corrected chi connectivity index (χ0v) is 14.2. The van der Waals surface area contributed by atoms with E-state index in [1.807, 2.05) is 13.8 Å². The number of nitrogens with zero attached hydrogens (tertiary/aromatic N) is 4. The number of aryl methyl sites for hydroxylation is 3. The van der Waals surface area contributed by atoms with Gasteiger partial charge in [0, 0.05) is 17.8 Å². The molecule has 1 N–H and O–H groups in total. The van der Waals surface area contributed by atoms with Gasteiger partial charge < -0.3 is 5.32 Å². The number of halogens is 1. The Balaban J connectivity index is 1.86. The molecule has 0 spiro atoms. The molecule has 2 heterocycles. The minimum atomic E-state index is -0.399. The number of hydrogen-bond donors (Lipinski definition) is 1. The molecule has 3 rings (SSSR count). The van der Waals surface area contributed by atoms with Crippen molar-refractivity contribution in [3.63, 3.8) is 0 Å². The van der Waals surface area contributed by atoms with Gasteiger partial charge in [0.1, 0.15) is 17.5 Å². The van der Waals surface area contributed by atoms with Gasteiger partial charge in [0.05, 0.1) is 12.1 Å². The topological polar surface area (TPSA) is 72.7 Å². The highest BCUT2D eigenvalue weighted by Crippen LogP contribution is 2.17. The van der Waals surface area contributed by atoms with Gasteiger partial charge in [-0.3, -0.25) is 4.79 Å². The molecule has 1 aromatic carbocycles. The number of hydrogen-bond acceptors (Lipinski definition) is 4. The summed E-state index contributed by atoms with van der Waals surface area (Å²) in [4.78, 5) is 20.9. The van der Waals surface area contributed by atoms with E-state index in [0.29, 0.717) is 23.0 Å². The van der Waals surface area contributed by atoms with Crippen molar-refractivity contribution in [1.29, 1.82) is 0 Å². The van der Waals surface area contributed by atoms with Crippen molar-refractivity contribution in [3.05, 3.63) is 65.0 Å². The number of aromatic nitrogens is 4. The molecule has 1 amide bonds. The second-order valence-corrected chi connectivity index (χ2v) is 5.81. The van der Waals surface area contributed by atoms with Crippen LogP contribution in [0.3, 0.4) is 0 Å². The third-order valence-corrected chi connectivity index (χ3v) is 3.58. The Kier molecular flexibility index (Phi) is 4.56. The van der Waals surface area contributed by atoms with Crippen molar-refractivity contribution >= 4 is 11.7 Å². The van der Waals surface area contributed by atoms with E-state index in [1.165, 1.54) is 6.07 Å². The highest BCUT2D eigenvalue weighted by molar-refractivity contribution is 5.91. The van der Waals surface area contributed by atoms with Crippen LogP contribution in [0, 0.1) is 26.6 Å². The summed E-state index contributed by atoms with van der Waals surface area (Å²) in [6, 6.07) is 9.75. The van der Waals surface area contributed by atoms with E-state index in [4.69, 9.17) is 0 Å². The molecule has 0 aliphatic carbocycles. The van der Waals surface area contributed by atoms with E-state index in [1.54, 1.807) is 41.9 Å². The van der Waals surface area contributed by atoms with E-state index in [9.17, 15) is 9.18 Å². The maximum atomic E-state index is 13.7. The fourth-order valence-electron chi connectivity index (χ4n) is 2.57. The molecule has 7 heteroatoms. The van der Waals surface area contributed by atoms with Crippen LogP contribution in [-0.4, -0.2) is 25.7 Å². The van der Waals surface area contributed by atoms with Crippen molar-refractivity contribution in [3.8, 4) is 5.82 Å². The normalized spacial score (nSPS) is 10.7. The molecule has 0 atom stereocenters. The van der Waals surface area contributed by atoms with Crippen molar-refractivity contribution in [2.75, 3.05) is 5.32 Å². The Morgan fingerprint density at radius 2 is 1.88 bits per heavy atom. The molecule has 0 unspecified atom stereocenters. The third-order valence-electron chi connectivity index (χ3n) is 3.58. The molecule has 0 saturated carbocycles. The minimum absolute atomic E-state index is 0.0568. The molecule has 2 aromatic heterocycles. The number of nitrogens with one attached hydrogen (secondary N) is 1. The van der Waals surface area contributed by atoms with Crippen molar-refractivity contribution in [1.82, 2.24) is 19.7 Å². The minimum Gasteiger partial charge on any atom is -0.310 e. The number of anilines is 1. The fraction of sp³-hybridized carbons (Fsp3) is 0.222. The van der Waals surface area contributed by atoms with E-state index in [0.717, 1.165) is 11.4 Å². The molecule has 6 nitrogen and oxygen atoms in total. The van der Waals surface area contributed by atoms with Gasteiger partial charge in [-0.1, -0.05) is 18.2 Å². The fourth-order valence-corrected chi connectivity index (χ4v) is 2.57. The van der Waals surface area contributed by atoms with Gasteiger partial charge >= 0.3 is 0 Å². The highest BCUT2D eigenvalue weighted by atomic mass is 19.1. The Labute approximate surface area is 144 Å². The van der Waals surface area contributed by atoms with Crippen molar-refractivity contribution in [2.24, 2.45) is 0 Å². The average Bonchev–Trinajstić information content (AvgIpc) is 2.89. The first kappa shape index (κ1) is 16.8. The van der Waals surface area contributed by atoms with Crippen LogP contribution >= 0.6 is 0 Å². The van der Waals surface area contributed by atoms with Crippen molar-refractivity contribution < 1.29 is 9.18 Å². The number of rotatable bonds is 4. The summed E-state index contributed by atoms with van der Waals surface area (Å²) in [7, 11) is 0. The van der Waals surface area contributed by atoms with Gasteiger partial charge in [-0.15, -0.1) is 0 Å². The van der Waals surface area contributed by atoms with Gasteiger partial charge in [-0.25, -0.2) is 14.4 Å². The molecule has 0 fully saturated rings. The Morgan fingerprint density at radius 3 is 2.60 bits per heavy atom. The summed E-state index contributed by atoms with van der Waals surface area (Å²) in [6.07, 6.45) is -0.0568. The molecule has 0 bridgehead atoms. The maximum absolute atomic E-state index is 13.7. The van der Waals surface area contributed by atoms with E-state index < -0.39 is 5.82 Å². The number of carbonyl (C=O) groups excluding carboxylic acids is 1. The first-order valence-electron chi connectivity index (χ1n) is 7.85. The molecular weight excluding hydrogens is 321 g/mol. The van der Waals surface area contributed by atoms with E-state index in [-0.39, 0.29) is 12.3 Å². The molecule has 0 aliphatic rings. The summed E-state index contributed by atoms with van der Waals surface area (Å²) in [5.74, 6) is 0.945. The lowest BCUT2D eigenvalue weighted by molar-refractivity contribution is -0.115. The first-order valence-corrected chi connectivity index (χ1v) is 7.85. The largest absolute Gasteiger partial charge is 0.310 e. The Hall–Kier alpha value is -3.09. The summed E-state index contributed by atoms with van der Waals surface area (Å²) in [5.41, 5.74) is 1.88. The molecule has 25 heavy (non-hydrogen) atoms. The number of amides is 1. The van der Waals surface area contributed by atoms with Crippen LogP contribution in [0.4, 0.5) is 10.2 Å². The Bertz CT molecular complexity index is 915. The quantitative estimate of drug-likeness (QED) is 0.793. The summed E-state index contributed by atoms with van der Waals surface area (Å²) < 4.78 is 15.3. The van der Waals surface area contributed by atoms with Gasteiger partial charge in [0.15, 0.2) is 5.82 Å². The Morgan fingerprint density at radius 1 is 1.12 bits per heavy atom. The van der Waals surface area contributed by atoms with E-state index in [2.05, 4.69) is 20.4 Å². The lowest BCUT2D eigenvalue weighted by atomic mass is 10.1. The highest BCUT2D eigenvalue weighted by Gasteiger charge is 2.14. The summed E-state index contributed by atoms with van der Waals surface area (Å²) in [6.45, 7) is 5.48. The predicted molar refractivity (Wildman–Crippen MR) is 92.1 cm³/mol. The smallest absolute Gasteiger partial charge is 0.230 e. The lowest BCUT2D eigenvalue weighted by Gasteiger charge is -2.09.